The maximum Gasteiger partial charge on any atom is 0.108 e. The highest BCUT2D eigenvalue weighted by Gasteiger charge is 2.09. The molecule has 0 aliphatic carbocycles. The van der Waals surface area contributed by atoms with E-state index < -0.39 is 0 Å². The molecule has 0 spiro atoms. The Balaban J connectivity index is 3.45. The van der Waals surface area contributed by atoms with Gasteiger partial charge in [-0.05, 0) is 46.4 Å². The second-order valence-electron chi connectivity index (χ2n) is 5.01. The minimum atomic E-state index is -0.360. The molecule has 0 radical (unpaired) electrons. The Labute approximate surface area is 118 Å². The number of nitrogens with one attached hydrogen (secondary N) is 2. The molecule has 0 saturated carbocycles. The third kappa shape index (κ3) is 11.3. The minimum Gasteiger partial charge on any atom is -0.378 e. The van der Waals surface area contributed by atoms with Crippen molar-refractivity contribution in [1.29, 1.82) is 0 Å². The minimum absolute atomic E-state index is 0.360. The molecule has 0 aromatic rings. The Bertz CT molecular complexity index is 194. The Hall–Kier alpha value is -0.240. The van der Waals surface area contributed by atoms with Gasteiger partial charge in [0.05, 0.1) is 6.67 Å². The first-order valence-electron chi connectivity index (χ1n) is 7.30. The quantitative estimate of drug-likeness (QED) is 0.266. The molecule has 0 aliphatic rings. The van der Waals surface area contributed by atoms with Gasteiger partial charge in [0.1, 0.15) is 6.23 Å². The van der Waals surface area contributed by atoms with Crippen molar-refractivity contribution in [1.82, 2.24) is 20.4 Å². The lowest BCUT2D eigenvalue weighted by molar-refractivity contribution is 0.00895. The molecule has 1 atom stereocenters. The van der Waals surface area contributed by atoms with Crippen molar-refractivity contribution in [2.45, 2.75) is 32.4 Å². The van der Waals surface area contributed by atoms with E-state index >= 15 is 0 Å². The van der Waals surface area contributed by atoms with Gasteiger partial charge < -0.3 is 21.5 Å². The zero-order valence-electron chi connectivity index (χ0n) is 12.9. The van der Waals surface area contributed by atoms with E-state index in [0.29, 0.717) is 13.3 Å². The summed E-state index contributed by atoms with van der Waals surface area (Å²) in [5.74, 6) is 0. The van der Waals surface area contributed by atoms with Crippen LogP contribution in [0.25, 0.3) is 0 Å². The predicted molar refractivity (Wildman–Crippen MR) is 80.7 cm³/mol. The maximum absolute atomic E-state index is 9.96. The van der Waals surface area contributed by atoms with Gasteiger partial charge in [0, 0.05) is 19.8 Å². The van der Waals surface area contributed by atoms with Crippen LogP contribution in [-0.2, 0) is 0 Å². The van der Waals surface area contributed by atoms with Crippen LogP contribution in [0.1, 0.15) is 26.2 Å². The molecule has 5 N–H and O–H groups in total. The van der Waals surface area contributed by atoms with Crippen molar-refractivity contribution in [3.63, 3.8) is 0 Å². The highest BCUT2D eigenvalue weighted by Crippen LogP contribution is 2.03. The first kappa shape index (κ1) is 18.8. The fourth-order valence-electron chi connectivity index (χ4n) is 1.70. The normalized spacial score (nSPS) is 13.4. The number of likely N-dealkylation sites (N-methyl/N-ethyl adjacent to an activating group) is 1. The molecule has 0 aliphatic heterocycles. The van der Waals surface area contributed by atoms with Gasteiger partial charge >= 0.3 is 0 Å². The summed E-state index contributed by atoms with van der Waals surface area (Å²) >= 11 is 0. The van der Waals surface area contributed by atoms with E-state index in [1.807, 2.05) is 23.9 Å². The number of rotatable bonds is 13. The number of aliphatic hydroxyl groups is 1. The zero-order chi connectivity index (χ0) is 14.5. The molecule has 0 amide bonds. The second-order valence-corrected chi connectivity index (χ2v) is 5.01. The molecule has 0 heterocycles. The molecular formula is C13H33N5O. The van der Waals surface area contributed by atoms with Crippen LogP contribution < -0.4 is 16.4 Å². The Morgan fingerprint density at radius 1 is 1.16 bits per heavy atom. The second kappa shape index (κ2) is 12.8. The fourth-order valence-corrected chi connectivity index (χ4v) is 1.70. The third-order valence-electron chi connectivity index (χ3n) is 3.17. The van der Waals surface area contributed by atoms with Gasteiger partial charge in [0.15, 0.2) is 0 Å². The summed E-state index contributed by atoms with van der Waals surface area (Å²) < 4.78 is 0. The van der Waals surface area contributed by atoms with Gasteiger partial charge in [0.25, 0.3) is 0 Å². The van der Waals surface area contributed by atoms with Crippen LogP contribution in [0.4, 0.5) is 0 Å². The van der Waals surface area contributed by atoms with Crippen molar-refractivity contribution in [2.75, 3.05) is 53.6 Å². The lowest BCUT2D eigenvalue weighted by atomic mass is 10.2. The molecule has 0 aromatic heterocycles. The molecular weight excluding hydrogens is 242 g/mol. The summed E-state index contributed by atoms with van der Waals surface area (Å²) in [6.07, 6.45) is 2.63. The van der Waals surface area contributed by atoms with Gasteiger partial charge in [-0.2, -0.15) is 0 Å². The van der Waals surface area contributed by atoms with Crippen molar-refractivity contribution < 1.29 is 5.11 Å². The van der Waals surface area contributed by atoms with E-state index in [4.69, 9.17) is 5.73 Å². The van der Waals surface area contributed by atoms with E-state index in [0.717, 1.165) is 45.4 Å². The van der Waals surface area contributed by atoms with E-state index in [1.165, 1.54) is 0 Å². The number of aliphatic hydroxyl groups excluding tert-OH is 1. The zero-order valence-corrected chi connectivity index (χ0v) is 12.9. The standard InChI is InChI=1S/C13H33N5O/c1-4-15-8-6-5-7-13(19)18(3)12-16-9-10-17(2)11-14/h13,15-16,19H,4-12,14H2,1-3H3/t13-/m1/s1. The van der Waals surface area contributed by atoms with Crippen LogP contribution in [0, 0.1) is 0 Å². The third-order valence-corrected chi connectivity index (χ3v) is 3.17. The smallest absolute Gasteiger partial charge is 0.108 e. The highest BCUT2D eigenvalue weighted by molar-refractivity contribution is 4.59. The van der Waals surface area contributed by atoms with Gasteiger partial charge in [-0.25, -0.2) is 0 Å². The molecule has 19 heavy (non-hydrogen) atoms. The van der Waals surface area contributed by atoms with Crippen molar-refractivity contribution in [3.05, 3.63) is 0 Å². The summed E-state index contributed by atoms with van der Waals surface area (Å²) in [6.45, 7) is 7.24. The van der Waals surface area contributed by atoms with E-state index in [2.05, 4.69) is 17.6 Å². The van der Waals surface area contributed by atoms with Crippen molar-refractivity contribution in [2.24, 2.45) is 5.73 Å². The molecule has 0 rings (SSSR count). The van der Waals surface area contributed by atoms with Gasteiger partial charge in [0.2, 0.25) is 0 Å². The summed E-state index contributed by atoms with van der Waals surface area (Å²) in [5, 5.41) is 16.5. The molecule has 6 heteroatoms. The summed E-state index contributed by atoms with van der Waals surface area (Å²) in [7, 11) is 3.93. The van der Waals surface area contributed by atoms with Gasteiger partial charge in [-0.1, -0.05) is 6.92 Å². The lowest BCUT2D eigenvalue weighted by Crippen LogP contribution is -2.41. The predicted octanol–water partition coefficient (Wildman–Crippen LogP) is -0.588. The van der Waals surface area contributed by atoms with Crippen molar-refractivity contribution >= 4 is 0 Å². The number of hydrogen-bond donors (Lipinski definition) is 4. The number of unbranched alkanes of at least 4 members (excludes halogenated alkanes) is 1. The maximum atomic E-state index is 9.96. The molecule has 0 bridgehead atoms. The monoisotopic (exact) mass is 275 g/mol. The molecule has 116 valence electrons. The molecule has 0 fully saturated rings. The van der Waals surface area contributed by atoms with Crippen LogP contribution in [0.5, 0.6) is 0 Å². The summed E-state index contributed by atoms with van der Waals surface area (Å²) in [4.78, 5) is 3.99. The topological polar surface area (TPSA) is 76.8 Å². The molecule has 0 saturated heterocycles. The molecule has 6 nitrogen and oxygen atoms in total. The van der Waals surface area contributed by atoms with E-state index in [1.54, 1.807) is 0 Å². The van der Waals surface area contributed by atoms with Crippen LogP contribution in [0.3, 0.4) is 0 Å². The van der Waals surface area contributed by atoms with Crippen molar-refractivity contribution in [3.8, 4) is 0 Å². The number of nitrogens with two attached hydrogens (primary N) is 1. The number of nitrogens with zero attached hydrogens (tertiary/aromatic N) is 2. The first-order valence-corrected chi connectivity index (χ1v) is 7.30. The number of hydrogen-bond acceptors (Lipinski definition) is 6. The van der Waals surface area contributed by atoms with E-state index in [9.17, 15) is 5.11 Å². The van der Waals surface area contributed by atoms with Gasteiger partial charge in [-0.15, -0.1) is 0 Å². The SMILES string of the molecule is CCNCCCC[C@@H](O)N(C)CNCCN(C)CN. The summed E-state index contributed by atoms with van der Waals surface area (Å²) in [5.41, 5.74) is 5.49. The van der Waals surface area contributed by atoms with Crippen LogP contribution in [-0.4, -0.2) is 74.7 Å². The molecule has 0 aromatic carbocycles. The van der Waals surface area contributed by atoms with E-state index in [-0.39, 0.29) is 6.23 Å². The first-order chi connectivity index (χ1) is 9.11. The summed E-state index contributed by atoms with van der Waals surface area (Å²) in [6, 6.07) is 0. The van der Waals surface area contributed by atoms with Gasteiger partial charge in [-0.3, -0.25) is 9.80 Å². The fraction of sp³-hybridized carbons (Fsp3) is 1.00. The highest BCUT2D eigenvalue weighted by atomic mass is 16.3. The Morgan fingerprint density at radius 3 is 2.53 bits per heavy atom. The van der Waals surface area contributed by atoms with Crippen LogP contribution in [0.15, 0.2) is 0 Å². The average molecular weight is 275 g/mol. The lowest BCUT2D eigenvalue weighted by Gasteiger charge is -2.24. The Kier molecular flexibility index (Phi) is 12.6. The average Bonchev–Trinajstić information content (AvgIpc) is 2.42. The molecule has 0 unspecified atom stereocenters. The van der Waals surface area contributed by atoms with Crippen LogP contribution in [0.2, 0.25) is 0 Å². The Morgan fingerprint density at radius 2 is 1.89 bits per heavy atom. The van der Waals surface area contributed by atoms with Crippen LogP contribution >= 0.6 is 0 Å². The largest absolute Gasteiger partial charge is 0.378 e.